The van der Waals surface area contributed by atoms with Crippen molar-refractivity contribution in [3.63, 3.8) is 0 Å². The molecule has 7 rings (SSSR count). The molecule has 7 nitrogen and oxygen atoms in total. The minimum atomic E-state index is 0.118. The van der Waals surface area contributed by atoms with Gasteiger partial charge in [0.1, 0.15) is 11.9 Å². The predicted molar refractivity (Wildman–Crippen MR) is 146 cm³/mol. The predicted octanol–water partition coefficient (Wildman–Crippen LogP) is 4.76. The van der Waals surface area contributed by atoms with Crippen LogP contribution in [-0.4, -0.2) is 60.2 Å². The van der Waals surface area contributed by atoms with E-state index in [1.807, 2.05) is 12.4 Å². The van der Waals surface area contributed by atoms with E-state index in [1.165, 1.54) is 12.8 Å². The number of hydrogen-bond donors (Lipinski definition) is 0. The second-order valence-corrected chi connectivity index (χ2v) is 11.5. The molecule has 3 heterocycles. The molecule has 2 aromatic heterocycles. The lowest BCUT2D eigenvalue weighted by molar-refractivity contribution is -0.136. The summed E-state index contributed by atoms with van der Waals surface area (Å²) < 4.78 is 5.30. The Hall–Kier alpha value is -3.50. The van der Waals surface area contributed by atoms with Crippen LogP contribution in [0, 0.1) is 29.1 Å². The molecule has 3 saturated carbocycles. The highest BCUT2D eigenvalue weighted by atomic mass is 16.5. The van der Waals surface area contributed by atoms with Gasteiger partial charge in [-0.25, -0.2) is 4.98 Å². The van der Waals surface area contributed by atoms with E-state index in [2.05, 4.69) is 51.2 Å². The molecule has 1 aliphatic heterocycles. The molecule has 0 bridgehead atoms. The quantitative estimate of drug-likeness (QED) is 0.459. The van der Waals surface area contributed by atoms with Gasteiger partial charge in [-0.05, 0) is 67.0 Å². The highest BCUT2D eigenvalue weighted by molar-refractivity contribution is 5.97. The summed E-state index contributed by atoms with van der Waals surface area (Å²) in [5.41, 5.74) is 3.90. The molecule has 1 amide bonds. The number of rotatable bonds is 7. The molecule has 1 aromatic carbocycles. The van der Waals surface area contributed by atoms with Gasteiger partial charge in [-0.2, -0.15) is 5.26 Å². The van der Waals surface area contributed by atoms with E-state index in [1.54, 1.807) is 7.11 Å². The van der Waals surface area contributed by atoms with Crippen molar-refractivity contribution in [3.05, 3.63) is 54.0 Å². The van der Waals surface area contributed by atoms with Gasteiger partial charge in [-0.3, -0.25) is 9.78 Å². The first-order valence-electron chi connectivity index (χ1n) is 14.0. The fraction of sp³-hybridized carbons (Fsp3) is 0.484. The number of benzene rings is 1. The summed E-state index contributed by atoms with van der Waals surface area (Å²) in [6.45, 7) is 2.83. The molecular formula is C31H33N5O2. The van der Waals surface area contributed by atoms with Crippen LogP contribution < -0.4 is 4.90 Å². The number of pyridine rings is 2. The number of amides is 1. The fourth-order valence-electron chi connectivity index (χ4n) is 6.40. The second kappa shape index (κ2) is 9.36. The van der Waals surface area contributed by atoms with E-state index in [-0.39, 0.29) is 12.0 Å². The molecule has 1 saturated heterocycles. The number of fused-ring (bicyclic) bond motifs is 1. The number of nitriles is 1. The summed E-state index contributed by atoms with van der Waals surface area (Å²) in [5.74, 6) is 2.57. The number of aromatic nitrogens is 2. The van der Waals surface area contributed by atoms with Gasteiger partial charge < -0.3 is 14.5 Å². The van der Waals surface area contributed by atoms with Gasteiger partial charge in [0.2, 0.25) is 5.91 Å². The number of carbonyl (C=O) groups excluding carboxylic acids is 1. The summed E-state index contributed by atoms with van der Waals surface area (Å²) in [6.07, 6.45) is 9.28. The molecule has 3 atom stereocenters. The molecule has 0 N–H and O–H groups in total. The van der Waals surface area contributed by atoms with E-state index in [4.69, 9.17) is 9.72 Å². The van der Waals surface area contributed by atoms with Crippen LogP contribution in [0.1, 0.15) is 49.3 Å². The number of anilines is 1. The van der Waals surface area contributed by atoms with Crippen LogP contribution in [0.5, 0.6) is 0 Å². The highest BCUT2D eigenvalue weighted by Gasteiger charge is 2.49. The smallest absolute Gasteiger partial charge is 0.226 e. The van der Waals surface area contributed by atoms with Crippen molar-refractivity contribution in [3.8, 4) is 17.2 Å². The molecule has 7 heteroatoms. The Balaban J connectivity index is 1.22. The van der Waals surface area contributed by atoms with Crippen LogP contribution in [0.2, 0.25) is 0 Å². The normalized spacial score (nSPS) is 24.9. The SMILES string of the molecule is COCC1CC1C(=O)N1CCN(c2nc(C3CC3)c(-c3cccc4cnccc34)cc2C#N)C[C@H]1C1CC1. The average molecular weight is 508 g/mol. The number of carbonyl (C=O) groups is 1. The van der Waals surface area contributed by atoms with Crippen molar-refractivity contribution < 1.29 is 9.53 Å². The Bertz CT molecular complexity index is 1430. The average Bonchev–Trinajstić information content (AvgIpc) is 3.81. The standard InChI is InChI=1S/C31H33N5O2/c1-38-18-23-14-26(23)31(37)36-12-11-35(17-28(36)19-5-6-19)30-22(15-32)13-27(29(34-30)20-7-8-20)25-4-2-3-21-16-33-10-9-24(21)25/h2-4,9-10,13,16,19-20,23,26,28H,5-8,11-12,14,17-18H2,1H3/t23?,26?,28-/m0/s1. The number of nitrogens with zero attached hydrogens (tertiary/aromatic N) is 5. The number of ether oxygens (including phenoxy) is 1. The van der Waals surface area contributed by atoms with E-state index in [9.17, 15) is 10.1 Å². The summed E-state index contributed by atoms with van der Waals surface area (Å²) in [6, 6.07) is 13.0. The van der Waals surface area contributed by atoms with Gasteiger partial charge in [0.15, 0.2) is 0 Å². The lowest BCUT2D eigenvalue weighted by Gasteiger charge is -2.43. The maximum Gasteiger partial charge on any atom is 0.226 e. The molecule has 0 radical (unpaired) electrons. The van der Waals surface area contributed by atoms with Crippen molar-refractivity contribution in [1.82, 2.24) is 14.9 Å². The van der Waals surface area contributed by atoms with E-state index < -0.39 is 0 Å². The Labute approximate surface area is 223 Å². The summed E-state index contributed by atoms with van der Waals surface area (Å²) in [7, 11) is 1.71. The van der Waals surface area contributed by atoms with Gasteiger partial charge in [-0.15, -0.1) is 0 Å². The van der Waals surface area contributed by atoms with Crippen molar-refractivity contribution >= 4 is 22.5 Å². The van der Waals surface area contributed by atoms with Crippen molar-refractivity contribution in [2.45, 2.75) is 44.1 Å². The van der Waals surface area contributed by atoms with Crippen LogP contribution in [0.3, 0.4) is 0 Å². The summed E-state index contributed by atoms with van der Waals surface area (Å²) >= 11 is 0. The largest absolute Gasteiger partial charge is 0.384 e. The lowest BCUT2D eigenvalue weighted by atomic mass is 9.95. The maximum absolute atomic E-state index is 13.4. The first kappa shape index (κ1) is 23.6. The highest BCUT2D eigenvalue weighted by Crippen LogP contribution is 2.47. The lowest BCUT2D eigenvalue weighted by Crippen LogP contribution is -2.57. The van der Waals surface area contributed by atoms with Gasteiger partial charge >= 0.3 is 0 Å². The molecule has 38 heavy (non-hydrogen) atoms. The molecule has 2 unspecified atom stereocenters. The van der Waals surface area contributed by atoms with Crippen LogP contribution >= 0.6 is 0 Å². The van der Waals surface area contributed by atoms with Gasteiger partial charge in [0.25, 0.3) is 0 Å². The Kier molecular flexibility index (Phi) is 5.81. The summed E-state index contributed by atoms with van der Waals surface area (Å²) in [4.78, 5) is 27.4. The second-order valence-electron chi connectivity index (χ2n) is 11.5. The van der Waals surface area contributed by atoms with E-state index in [0.717, 1.165) is 59.2 Å². The molecular weight excluding hydrogens is 474 g/mol. The molecule has 4 fully saturated rings. The van der Waals surface area contributed by atoms with E-state index in [0.29, 0.717) is 48.9 Å². The topological polar surface area (TPSA) is 82.3 Å². The number of methoxy groups -OCH3 is 1. The third-order valence-electron chi connectivity index (χ3n) is 8.88. The Morgan fingerprint density at radius 3 is 2.79 bits per heavy atom. The third kappa shape index (κ3) is 4.21. The first-order valence-corrected chi connectivity index (χ1v) is 14.0. The fourth-order valence-corrected chi connectivity index (χ4v) is 6.40. The zero-order valence-corrected chi connectivity index (χ0v) is 21.8. The van der Waals surface area contributed by atoms with Crippen molar-refractivity contribution in [2.75, 3.05) is 38.3 Å². The molecule has 0 spiro atoms. The minimum Gasteiger partial charge on any atom is -0.384 e. The van der Waals surface area contributed by atoms with Gasteiger partial charge in [-0.1, -0.05) is 18.2 Å². The van der Waals surface area contributed by atoms with Crippen LogP contribution in [0.15, 0.2) is 42.7 Å². The summed E-state index contributed by atoms with van der Waals surface area (Å²) in [5, 5.41) is 12.5. The third-order valence-corrected chi connectivity index (χ3v) is 8.88. The molecule has 4 aliphatic rings. The molecule has 3 aromatic rings. The van der Waals surface area contributed by atoms with Crippen LogP contribution in [0.25, 0.3) is 21.9 Å². The zero-order valence-electron chi connectivity index (χ0n) is 21.8. The maximum atomic E-state index is 13.4. The van der Waals surface area contributed by atoms with Crippen molar-refractivity contribution in [1.29, 1.82) is 5.26 Å². The number of hydrogen-bond acceptors (Lipinski definition) is 6. The monoisotopic (exact) mass is 507 g/mol. The van der Waals surface area contributed by atoms with E-state index >= 15 is 0 Å². The van der Waals surface area contributed by atoms with Crippen molar-refractivity contribution in [2.24, 2.45) is 17.8 Å². The molecule has 3 aliphatic carbocycles. The molecule has 194 valence electrons. The Morgan fingerprint density at radius 2 is 2.03 bits per heavy atom. The zero-order chi connectivity index (χ0) is 25.8. The number of piperazine rings is 1. The van der Waals surface area contributed by atoms with Crippen LogP contribution in [0.4, 0.5) is 5.82 Å². The van der Waals surface area contributed by atoms with Crippen LogP contribution in [-0.2, 0) is 9.53 Å². The minimum absolute atomic E-state index is 0.118. The Morgan fingerprint density at radius 1 is 1.16 bits per heavy atom. The van der Waals surface area contributed by atoms with Gasteiger partial charge in [0, 0.05) is 68.5 Å². The first-order chi connectivity index (χ1) is 18.7. The van der Waals surface area contributed by atoms with Gasteiger partial charge in [0.05, 0.1) is 17.3 Å².